The molecule has 0 aromatic heterocycles. The zero-order valence-electron chi connectivity index (χ0n) is 7.20. The average Bonchev–Trinajstić information content (AvgIpc) is 2.18. The van der Waals surface area contributed by atoms with Crippen LogP contribution in [-0.4, -0.2) is 16.3 Å². The van der Waals surface area contributed by atoms with E-state index >= 15 is 0 Å². The van der Waals surface area contributed by atoms with E-state index < -0.39 is 5.97 Å². The number of rotatable bonds is 2. The van der Waals surface area contributed by atoms with E-state index in [-0.39, 0.29) is 0 Å². The number of aliphatic carboxylic acids is 1. The van der Waals surface area contributed by atoms with Gasteiger partial charge >= 0.3 is 5.97 Å². The Morgan fingerprint density at radius 1 is 1.29 bits per heavy atom. The van der Waals surface area contributed by atoms with Gasteiger partial charge in [-0.15, -0.1) is 4.91 Å². The zero-order valence-corrected chi connectivity index (χ0v) is 7.20. The Bertz CT molecular complexity index is 308. The second kappa shape index (κ2) is 7.48. The van der Waals surface area contributed by atoms with Gasteiger partial charge in [0.15, 0.2) is 5.34 Å². The van der Waals surface area contributed by atoms with Crippen molar-refractivity contribution >= 4 is 12.0 Å². The molecule has 0 bridgehead atoms. The molecule has 1 aromatic rings. The second-order valence-corrected chi connectivity index (χ2v) is 2.16. The van der Waals surface area contributed by atoms with E-state index in [2.05, 4.69) is 0 Å². The number of carboxylic acid groups (broad SMARTS) is 1. The van der Waals surface area contributed by atoms with E-state index in [4.69, 9.17) is 15.2 Å². The quantitative estimate of drug-likeness (QED) is 0.428. The van der Waals surface area contributed by atoms with Crippen LogP contribution < -0.4 is 0 Å². The molecular weight excluding hydrogens is 186 g/mol. The lowest BCUT2D eigenvalue weighted by Gasteiger charge is -1.87. The van der Waals surface area contributed by atoms with E-state index in [1.54, 1.807) is 6.08 Å². The van der Waals surface area contributed by atoms with Crippen LogP contribution in [-0.2, 0) is 4.79 Å². The molecule has 0 atom stereocenters. The fraction of sp³-hybridized carbons (Fsp3) is 0. The first-order valence-corrected chi connectivity index (χ1v) is 3.63. The molecule has 0 saturated heterocycles. The number of carboxylic acids is 1. The number of benzene rings is 1. The summed E-state index contributed by atoms with van der Waals surface area (Å²) >= 11 is 0. The van der Waals surface area contributed by atoms with Gasteiger partial charge in [-0.2, -0.15) is 0 Å². The highest BCUT2D eigenvalue weighted by Gasteiger charge is 1.85. The molecule has 14 heavy (non-hydrogen) atoms. The summed E-state index contributed by atoms with van der Waals surface area (Å²) in [6.45, 7) is 0. The molecule has 0 aliphatic heterocycles. The van der Waals surface area contributed by atoms with Crippen LogP contribution in [0.2, 0.25) is 0 Å². The second-order valence-electron chi connectivity index (χ2n) is 2.16. The summed E-state index contributed by atoms with van der Waals surface area (Å²) in [4.78, 5) is 18.2. The minimum absolute atomic E-state index is 0.898. The molecule has 1 aromatic carbocycles. The summed E-state index contributed by atoms with van der Waals surface area (Å²) in [6, 6.07) is 9.31. The molecule has 0 unspecified atom stereocenters. The van der Waals surface area contributed by atoms with E-state index in [1.165, 1.54) is 5.34 Å². The maximum absolute atomic E-state index is 10.1. The molecule has 5 heteroatoms. The normalized spacial score (nSPS) is 8.86. The lowest BCUT2D eigenvalue weighted by Crippen LogP contribution is -1.85. The summed E-state index contributed by atoms with van der Waals surface area (Å²) in [7, 11) is 0. The molecule has 2 N–H and O–H groups in total. The maximum atomic E-state index is 10.1. The van der Waals surface area contributed by atoms with Gasteiger partial charge in [0.2, 0.25) is 0 Å². The minimum Gasteiger partial charge on any atom is -0.478 e. The third-order valence-corrected chi connectivity index (χ3v) is 1.22. The average molecular weight is 195 g/mol. The van der Waals surface area contributed by atoms with Crippen molar-refractivity contribution < 1.29 is 15.1 Å². The molecule has 0 fully saturated rings. The molecule has 0 aliphatic carbocycles. The van der Waals surface area contributed by atoms with Crippen molar-refractivity contribution in [3.8, 4) is 0 Å². The van der Waals surface area contributed by atoms with Gasteiger partial charge in [-0.05, 0) is 11.6 Å². The van der Waals surface area contributed by atoms with Crippen molar-refractivity contribution in [1.29, 1.82) is 0 Å². The van der Waals surface area contributed by atoms with Crippen molar-refractivity contribution in [1.82, 2.24) is 0 Å². The maximum Gasteiger partial charge on any atom is 0.328 e. The van der Waals surface area contributed by atoms with E-state index in [0.29, 0.717) is 0 Å². The monoisotopic (exact) mass is 195 g/mol. The molecule has 0 radical (unpaired) electrons. The molecule has 0 aliphatic rings. The summed E-state index contributed by atoms with van der Waals surface area (Å²) in [5.41, 5.74) is 0.898. The highest BCUT2D eigenvalue weighted by atomic mass is 16.6. The molecule has 1 rings (SSSR count). The van der Waals surface area contributed by atoms with E-state index in [1.807, 2.05) is 30.3 Å². The molecule has 0 amide bonds. The SMILES string of the molecule is O=C(O)C=Cc1ccccc1.O=NO. The lowest BCUT2D eigenvalue weighted by molar-refractivity contribution is -0.131. The summed E-state index contributed by atoms with van der Waals surface area (Å²) < 4.78 is 0. The third-order valence-electron chi connectivity index (χ3n) is 1.22. The van der Waals surface area contributed by atoms with E-state index in [0.717, 1.165) is 11.6 Å². The lowest BCUT2D eigenvalue weighted by atomic mass is 10.2. The smallest absolute Gasteiger partial charge is 0.328 e. The highest BCUT2D eigenvalue weighted by molar-refractivity contribution is 5.85. The Balaban J connectivity index is 0.000000500. The summed E-state index contributed by atoms with van der Waals surface area (Å²) in [5.74, 6) is -0.922. The largest absolute Gasteiger partial charge is 0.478 e. The van der Waals surface area contributed by atoms with Gasteiger partial charge in [0.1, 0.15) is 0 Å². The number of hydrogen-bond acceptors (Lipinski definition) is 3. The van der Waals surface area contributed by atoms with Gasteiger partial charge in [-0.3, -0.25) is 0 Å². The first-order valence-electron chi connectivity index (χ1n) is 3.63. The summed E-state index contributed by atoms with van der Waals surface area (Å²) in [6.07, 6.45) is 2.68. The van der Waals surface area contributed by atoms with Crippen LogP contribution in [0.4, 0.5) is 0 Å². The predicted octanol–water partition coefficient (Wildman–Crippen LogP) is 1.93. The van der Waals surface area contributed by atoms with Crippen molar-refractivity contribution in [2.75, 3.05) is 0 Å². The Hall–Kier alpha value is -2.17. The molecule has 0 spiro atoms. The van der Waals surface area contributed by atoms with Crippen molar-refractivity contribution in [3.05, 3.63) is 46.9 Å². The minimum atomic E-state index is -0.922. The standard InChI is InChI=1S/C9H8O2.HNO2/c10-9(11)7-6-8-4-2-1-3-5-8;2-1-3/h1-7H,(H,10,11);(H,2,3). The molecule has 74 valence electrons. The Morgan fingerprint density at radius 3 is 2.21 bits per heavy atom. The van der Waals surface area contributed by atoms with Gasteiger partial charge in [-0.1, -0.05) is 30.3 Å². The molecule has 5 nitrogen and oxygen atoms in total. The van der Waals surface area contributed by atoms with E-state index in [9.17, 15) is 4.79 Å². The van der Waals surface area contributed by atoms with Crippen LogP contribution in [0.25, 0.3) is 6.08 Å². The fourth-order valence-corrected chi connectivity index (χ4v) is 0.732. The van der Waals surface area contributed by atoms with Gasteiger partial charge in [0, 0.05) is 6.08 Å². The molecule has 0 saturated carbocycles. The van der Waals surface area contributed by atoms with Gasteiger partial charge < -0.3 is 10.3 Å². The molecule has 0 heterocycles. The van der Waals surface area contributed by atoms with Crippen molar-refractivity contribution in [2.24, 2.45) is 5.34 Å². The number of nitrogens with zero attached hydrogens (tertiary/aromatic N) is 1. The van der Waals surface area contributed by atoms with Crippen molar-refractivity contribution in [2.45, 2.75) is 0 Å². The van der Waals surface area contributed by atoms with Crippen molar-refractivity contribution in [3.63, 3.8) is 0 Å². The number of hydrogen-bond donors (Lipinski definition) is 2. The van der Waals surface area contributed by atoms with Crippen LogP contribution in [0.3, 0.4) is 0 Å². The molecular formula is C9H9NO4. The topological polar surface area (TPSA) is 87.0 Å². The Labute approximate surface area is 80.2 Å². The number of carbonyl (C=O) groups is 1. The first-order chi connectivity index (χ1) is 6.70. The van der Waals surface area contributed by atoms with Crippen LogP contribution >= 0.6 is 0 Å². The Kier molecular flexibility index (Phi) is 6.32. The van der Waals surface area contributed by atoms with Crippen LogP contribution in [0, 0.1) is 4.91 Å². The summed E-state index contributed by atoms with van der Waals surface area (Å²) in [5, 5.41) is 16.2. The Morgan fingerprint density at radius 2 is 1.79 bits per heavy atom. The van der Waals surface area contributed by atoms with Gasteiger partial charge in [-0.25, -0.2) is 4.79 Å². The first kappa shape index (κ1) is 11.8. The van der Waals surface area contributed by atoms with Crippen LogP contribution in [0.1, 0.15) is 5.56 Å². The van der Waals surface area contributed by atoms with Crippen LogP contribution in [0.15, 0.2) is 41.7 Å². The van der Waals surface area contributed by atoms with Gasteiger partial charge in [0.05, 0.1) is 0 Å². The third kappa shape index (κ3) is 6.53. The zero-order chi connectivity index (χ0) is 10.8. The predicted molar refractivity (Wildman–Crippen MR) is 50.7 cm³/mol. The van der Waals surface area contributed by atoms with Crippen LogP contribution in [0.5, 0.6) is 0 Å². The van der Waals surface area contributed by atoms with Gasteiger partial charge in [0.25, 0.3) is 0 Å². The fourth-order valence-electron chi connectivity index (χ4n) is 0.732. The highest BCUT2D eigenvalue weighted by Crippen LogP contribution is 1.99.